The first kappa shape index (κ1) is 14.3. The van der Waals surface area contributed by atoms with Crippen LogP contribution in [-0.2, 0) is 0 Å². The number of carbonyl (C=O) groups is 1. The van der Waals surface area contributed by atoms with Crippen molar-refractivity contribution in [2.45, 2.75) is 20.0 Å². The van der Waals surface area contributed by atoms with Crippen LogP contribution in [0.15, 0.2) is 42.6 Å². The van der Waals surface area contributed by atoms with Gasteiger partial charge in [-0.1, -0.05) is 11.6 Å². The molecule has 104 valence electrons. The van der Waals surface area contributed by atoms with Crippen molar-refractivity contribution in [2.75, 3.05) is 5.32 Å². The summed E-state index contributed by atoms with van der Waals surface area (Å²) in [5, 5.41) is 3.23. The average Bonchev–Trinajstić information content (AvgIpc) is 2.40. The van der Waals surface area contributed by atoms with Crippen LogP contribution >= 0.6 is 11.6 Å². The molecule has 0 unspecified atom stereocenters. The normalized spacial score (nSPS) is 10.4. The van der Waals surface area contributed by atoms with E-state index in [0.717, 1.165) is 5.75 Å². The van der Waals surface area contributed by atoms with Crippen LogP contribution in [0.25, 0.3) is 0 Å². The summed E-state index contributed by atoms with van der Waals surface area (Å²) in [5.41, 5.74) is 0.952. The highest BCUT2D eigenvalue weighted by Gasteiger charge is 2.08. The topological polar surface area (TPSA) is 51.2 Å². The lowest BCUT2D eigenvalue weighted by molar-refractivity contribution is 0.102. The van der Waals surface area contributed by atoms with E-state index in [2.05, 4.69) is 10.3 Å². The largest absolute Gasteiger partial charge is 0.491 e. The molecular weight excluding hydrogens is 276 g/mol. The fraction of sp³-hybridized carbons (Fsp3) is 0.200. The molecule has 0 spiro atoms. The first-order valence-corrected chi connectivity index (χ1v) is 6.62. The Morgan fingerprint density at radius 3 is 2.55 bits per heavy atom. The number of hydrogen-bond donors (Lipinski definition) is 1. The van der Waals surface area contributed by atoms with E-state index >= 15 is 0 Å². The van der Waals surface area contributed by atoms with Crippen LogP contribution in [0, 0.1) is 0 Å². The molecule has 0 aliphatic carbocycles. The molecule has 2 aromatic rings. The highest BCUT2D eigenvalue weighted by molar-refractivity contribution is 6.30. The Balaban J connectivity index is 2.04. The van der Waals surface area contributed by atoms with Crippen molar-refractivity contribution < 1.29 is 9.53 Å². The van der Waals surface area contributed by atoms with Crippen molar-refractivity contribution in [1.29, 1.82) is 0 Å². The van der Waals surface area contributed by atoms with Gasteiger partial charge in [0.25, 0.3) is 5.91 Å². The molecule has 0 atom stereocenters. The van der Waals surface area contributed by atoms with Gasteiger partial charge in [0, 0.05) is 16.9 Å². The van der Waals surface area contributed by atoms with Gasteiger partial charge in [-0.3, -0.25) is 9.78 Å². The molecule has 1 N–H and O–H groups in total. The third-order valence-electron chi connectivity index (χ3n) is 2.44. The Labute approximate surface area is 122 Å². The second-order valence-electron chi connectivity index (χ2n) is 4.50. The SMILES string of the molecule is CC(C)Oc1ccc(NC(=O)c2cc(Cl)ccn2)cc1. The summed E-state index contributed by atoms with van der Waals surface area (Å²) in [4.78, 5) is 15.9. The van der Waals surface area contributed by atoms with Gasteiger partial charge >= 0.3 is 0 Å². The Kier molecular flexibility index (Phi) is 4.58. The lowest BCUT2D eigenvalue weighted by Crippen LogP contribution is -2.13. The zero-order valence-corrected chi connectivity index (χ0v) is 12.0. The van der Waals surface area contributed by atoms with Gasteiger partial charge < -0.3 is 10.1 Å². The van der Waals surface area contributed by atoms with Crippen LogP contribution in [0.1, 0.15) is 24.3 Å². The van der Waals surface area contributed by atoms with Crippen molar-refractivity contribution in [3.63, 3.8) is 0 Å². The minimum absolute atomic E-state index is 0.117. The number of carbonyl (C=O) groups excluding carboxylic acids is 1. The van der Waals surface area contributed by atoms with E-state index in [1.807, 2.05) is 13.8 Å². The second kappa shape index (κ2) is 6.39. The van der Waals surface area contributed by atoms with Crippen LogP contribution in [0.3, 0.4) is 0 Å². The fourth-order valence-corrected chi connectivity index (χ4v) is 1.77. The standard InChI is InChI=1S/C15H15ClN2O2/c1-10(2)20-13-5-3-12(4-6-13)18-15(19)14-9-11(16)7-8-17-14/h3-10H,1-2H3,(H,18,19). The van der Waals surface area contributed by atoms with Crippen LogP contribution in [0.5, 0.6) is 5.75 Å². The molecule has 1 aromatic carbocycles. The van der Waals surface area contributed by atoms with Crippen molar-refractivity contribution >= 4 is 23.2 Å². The maximum atomic E-state index is 12.0. The Morgan fingerprint density at radius 1 is 1.25 bits per heavy atom. The summed E-state index contributed by atoms with van der Waals surface area (Å²) >= 11 is 5.82. The van der Waals surface area contributed by atoms with E-state index in [9.17, 15) is 4.79 Å². The molecule has 1 aromatic heterocycles. The lowest BCUT2D eigenvalue weighted by Gasteiger charge is -2.10. The highest BCUT2D eigenvalue weighted by Crippen LogP contribution is 2.17. The molecule has 0 radical (unpaired) electrons. The van der Waals surface area contributed by atoms with Gasteiger partial charge in [-0.05, 0) is 50.2 Å². The molecule has 0 fully saturated rings. The van der Waals surface area contributed by atoms with Crippen LogP contribution in [0.2, 0.25) is 5.02 Å². The third-order valence-corrected chi connectivity index (χ3v) is 2.67. The summed E-state index contributed by atoms with van der Waals surface area (Å²) in [7, 11) is 0. The molecule has 0 aliphatic rings. The van der Waals surface area contributed by atoms with E-state index in [0.29, 0.717) is 10.7 Å². The minimum Gasteiger partial charge on any atom is -0.491 e. The number of aromatic nitrogens is 1. The average molecular weight is 291 g/mol. The zero-order valence-electron chi connectivity index (χ0n) is 11.3. The van der Waals surface area contributed by atoms with Gasteiger partial charge in [-0.2, -0.15) is 0 Å². The molecule has 1 amide bonds. The zero-order chi connectivity index (χ0) is 14.5. The number of ether oxygens (including phenoxy) is 1. The van der Waals surface area contributed by atoms with E-state index in [4.69, 9.17) is 16.3 Å². The first-order chi connectivity index (χ1) is 9.54. The number of amides is 1. The molecule has 0 aliphatic heterocycles. The number of rotatable bonds is 4. The number of benzene rings is 1. The monoisotopic (exact) mass is 290 g/mol. The number of pyridine rings is 1. The molecule has 2 rings (SSSR count). The number of nitrogens with zero attached hydrogens (tertiary/aromatic N) is 1. The number of anilines is 1. The van der Waals surface area contributed by atoms with Gasteiger partial charge in [0.05, 0.1) is 6.10 Å². The minimum atomic E-state index is -0.301. The fourth-order valence-electron chi connectivity index (χ4n) is 1.61. The Hall–Kier alpha value is -2.07. The molecule has 5 heteroatoms. The van der Waals surface area contributed by atoms with Crippen molar-refractivity contribution in [2.24, 2.45) is 0 Å². The second-order valence-corrected chi connectivity index (χ2v) is 4.94. The van der Waals surface area contributed by atoms with E-state index in [1.165, 1.54) is 12.3 Å². The Morgan fingerprint density at radius 2 is 1.95 bits per heavy atom. The lowest BCUT2D eigenvalue weighted by atomic mass is 10.2. The molecular formula is C15H15ClN2O2. The van der Waals surface area contributed by atoms with Gasteiger partial charge in [-0.15, -0.1) is 0 Å². The summed E-state index contributed by atoms with van der Waals surface area (Å²) < 4.78 is 5.53. The predicted octanol–water partition coefficient (Wildman–Crippen LogP) is 3.77. The first-order valence-electron chi connectivity index (χ1n) is 6.24. The third kappa shape index (κ3) is 3.96. The Bertz CT molecular complexity index is 597. The number of halogens is 1. The van der Waals surface area contributed by atoms with Crippen molar-refractivity contribution in [1.82, 2.24) is 4.98 Å². The summed E-state index contributed by atoms with van der Waals surface area (Å²) in [5.74, 6) is 0.462. The maximum absolute atomic E-state index is 12.0. The quantitative estimate of drug-likeness (QED) is 0.932. The highest BCUT2D eigenvalue weighted by atomic mass is 35.5. The predicted molar refractivity (Wildman–Crippen MR) is 79.4 cm³/mol. The van der Waals surface area contributed by atoms with E-state index < -0.39 is 0 Å². The van der Waals surface area contributed by atoms with E-state index in [-0.39, 0.29) is 17.7 Å². The number of hydrogen-bond acceptors (Lipinski definition) is 3. The van der Waals surface area contributed by atoms with Gasteiger partial charge in [0.15, 0.2) is 0 Å². The molecule has 0 bridgehead atoms. The van der Waals surface area contributed by atoms with Gasteiger partial charge in [-0.25, -0.2) is 0 Å². The van der Waals surface area contributed by atoms with E-state index in [1.54, 1.807) is 30.3 Å². The van der Waals surface area contributed by atoms with Crippen LogP contribution in [0.4, 0.5) is 5.69 Å². The molecule has 1 heterocycles. The van der Waals surface area contributed by atoms with Gasteiger partial charge in [0.2, 0.25) is 0 Å². The van der Waals surface area contributed by atoms with Crippen LogP contribution < -0.4 is 10.1 Å². The van der Waals surface area contributed by atoms with Crippen molar-refractivity contribution in [3.05, 3.63) is 53.3 Å². The summed E-state index contributed by atoms with van der Waals surface area (Å²) in [6, 6.07) is 10.3. The van der Waals surface area contributed by atoms with Gasteiger partial charge in [0.1, 0.15) is 11.4 Å². The summed E-state index contributed by atoms with van der Waals surface area (Å²) in [6.07, 6.45) is 1.61. The molecule has 4 nitrogen and oxygen atoms in total. The number of nitrogens with one attached hydrogen (secondary N) is 1. The molecule has 20 heavy (non-hydrogen) atoms. The summed E-state index contributed by atoms with van der Waals surface area (Å²) in [6.45, 7) is 3.92. The van der Waals surface area contributed by atoms with Crippen molar-refractivity contribution in [3.8, 4) is 5.75 Å². The maximum Gasteiger partial charge on any atom is 0.274 e. The van der Waals surface area contributed by atoms with Crippen LogP contribution in [-0.4, -0.2) is 17.0 Å². The smallest absolute Gasteiger partial charge is 0.274 e. The molecule has 0 saturated heterocycles. The molecule has 0 saturated carbocycles.